The molecule has 0 saturated heterocycles. The van der Waals surface area contributed by atoms with Gasteiger partial charge in [-0.1, -0.05) is 56.8 Å². The lowest BCUT2D eigenvalue weighted by Crippen LogP contribution is -2.14. The van der Waals surface area contributed by atoms with E-state index in [9.17, 15) is 4.79 Å². The van der Waals surface area contributed by atoms with Crippen molar-refractivity contribution >= 4 is 22.4 Å². The summed E-state index contributed by atoms with van der Waals surface area (Å²) in [4.78, 5) is 11.9. The van der Waals surface area contributed by atoms with Crippen molar-refractivity contribution < 1.29 is 4.79 Å². The lowest BCUT2D eigenvalue weighted by Gasteiger charge is -2.20. The molecular formula is C15H25N3OS. The number of aromatic nitrogens is 2. The Balaban J connectivity index is 1.69. The van der Waals surface area contributed by atoms with Crippen LogP contribution in [-0.4, -0.2) is 16.1 Å². The van der Waals surface area contributed by atoms with Crippen LogP contribution in [0.3, 0.4) is 0 Å². The van der Waals surface area contributed by atoms with Crippen molar-refractivity contribution in [2.75, 3.05) is 5.32 Å². The smallest absolute Gasteiger partial charge is 0.226 e. The van der Waals surface area contributed by atoms with Crippen LogP contribution in [0, 0.1) is 5.92 Å². The molecule has 112 valence electrons. The maximum absolute atomic E-state index is 11.9. The molecule has 0 radical (unpaired) electrons. The Bertz CT molecular complexity index is 413. The van der Waals surface area contributed by atoms with Gasteiger partial charge < -0.3 is 5.32 Å². The highest BCUT2D eigenvalue weighted by Crippen LogP contribution is 2.27. The van der Waals surface area contributed by atoms with E-state index in [0.717, 1.165) is 36.6 Å². The Kier molecular flexibility index (Phi) is 6.43. The number of carbonyl (C=O) groups is 1. The van der Waals surface area contributed by atoms with E-state index in [-0.39, 0.29) is 5.91 Å². The minimum atomic E-state index is 0.0914. The van der Waals surface area contributed by atoms with Gasteiger partial charge in [0, 0.05) is 12.8 Å². The Morgan fingerprint density at radius 1 is 1.30 bits per heavy atom. The van der Waals surface area contributed by atoms with Crippen LogP contribution in [0.15, 0.2) is 0 Å². The Morgan fingerprint density at radius 2 is 2.10 bits per heavy atom. The first-order valence-corrected chi connectivity index (χ1v) is 8.72. The predicted octanol–water partition coefficient (Wildman–Crippen LogP) is 4.18. The van der Waals surface area contributed by atoms with Crippen molar-refractivity contribution in [2.45, 2.75) is 71.1 Å². The van der Waals surface area contributed by atoms with Crippen molar-refractivity contribution in [3.05, 3.63) is 5.01 Å². The van der Waals surface area contributed by atoms with Crippen LogP contribution in [0.1, 0.15) is 69.7 Å². The van der Waals surface area contributed by atoms with Gasteiger partial charge in [0.2, 0.25) is 11.0 Å². The Hall–Kier alpha value is -0.970. The topological polar surface area (TPSA) is 54.9 Å². The standard InChI is InChI=1S/C15H25N3OS/c1-2-3-9-14-17-18-15(20-14)16-13(19)11-10-12-7-5-4-6-8-12/h12H,2-11H2,1H3,(H,16,18,19). The average molecular weight is 295 g/mol. The number of hydrogen-bond donors (Lipinski definition) is 1. The lowest BCUT2D eigenvalue weighted by molar-refractivity contribution is -0.116. The molecule has 0 spiro atoms. The summed E-state index contributed by atoms with van der Waals surface area (Å²) in [6.07, 6.45) is 11.5. The first-order valence-electron chi connectivity index (χ1n) is 7.90. The highest BCUT2D eigenvalue weighted by atomic mass is 32.1. The van der Waals surface area contributed by atoms with Gasteiger partial charge in [-0.15, -0.1) is 10.2 Å². The van der Waals surface area contributed by atoms with E-state index in [2.05, 4.69) is 22.4 Å². The van der Waals surface area contributed by atoms with Gasteiger partial charge >= 0.3 is 0 Å². The molecule has 1 saturated carbocycles. The first kappa shape index (κ1) is 15.4. The zero-order chi connectivity index (χ0) is 14.2. The Morgan fingerprint density at radius 3 is 2.85 bits per heavy atom. The summed E-state index contributed by atoms with van der Waals surface area (Å²) in [6.45, 7) is 2.16. The molecule has 2 rings (SSSR count). The van der Waals surface area contributed by atoms with Crippen molar-refractivity contribution in [2.24, 2.45) is 5.92 Å². The molecule has 1 aromatic heterocycles. The van der Waals surface area contributed by atoms with Gasteiger partial charge in [0.05, 0.1) is 0 Å². The molecule has 0 aromatic carbocycles. The van der Waals surface area contributed by atoms with Crippen LogP contribution in [0.5, 0.6) is 0 Å². The number of rotatable bonds is 7. The fourth-order valence-corrected chi connectivity index (χ4v) is 3.52. The van der Waals surface area contributed by atoms with Gasteiger partial charge in [-0.25, -0.2) is 0 Å². The highest BCUT2D eigenvalue weighted by Gasteiger charge is 2.15. The number of carbonyl (C=O) groups excluding carboxylic acids is 1. The van der Waals surface area contributed by atoms with Crippen LogP contribution in [0.2, 0.25) is 0 Å². The number of amides is 1. The quantitative estimate of drug-likeness (QED) is 0.821. The molecule has 1 N–H and O–H groups in total. The third-order valence-corrected chi connectivity index (χ3v) is 4.86. The summed E-state index contributed by atoms with van der Waals surface area (Å²) in [6, 6.07) is 0. The molecule has 1 fully saturated rings. The second-order valence-electron chi connectivity index (χ2n) is 5.70. The molecule has 0 bridgehead atoms. The lowest BCUT2D eigenvalue weighted by atomic mass is 9.86. The summed E-state index contributed by atoms with van der Waals surface area (Å²) >= 11 is 1.51. The number of nitrogens with zero attached hydrogens (tertiary/aromatic N) is 2. The monoisotopic (exact) mass is 295 g/mol. The van der Waals surface area contributed by atoms with Gasteiger partial charge in [-0.05, 0) is 18.8 Å². The largest absolute Gasteiger partial charge is 0.301 e. The van der Waals surface area contributed by atoms with Gasteiger partial charge in [0.1, 0.15) is 5.01 Å². The fraction of sp³-hybridized carbons (Fsp3) is 0.800. The van der Waals surface area contributed by atoms with E-state index in [1.807, 2.05) is 0 Å². The molecule has 20 heavy (non-hydrogen) atoms. The zero-order valence-corrected chi connectivity index (χ0v) is 13.2. The third kappa shape index (κ3) is 5.19. The van der Waals surface area contributed by atoms with Crippen LogP contribution in [0.4, 0.5) is 5.13 Å². The second kappa shape index (κ2) is 8.35. The minimum absolute atomic E-state index is 0.0914. The fourth-order valence-electron chi connectivity index (χ4n) is 2.73. The van der Waals surface area contributed by atoms with Gasteiger partial charge in [0.15, 0.2) is 0 Å². The molecule has 5 heteroatoms. The molecule has 1 aromatic rings. The Labute approximate surface area is 125 Å². The summed E-state index contributed by atoms with van der Waals surface area (Å²) in [5.74, 6) is 0.845. The van der Waals surface area contributed by atoms with E-state index in [1.165, 1.54) is 43.4 Å². The number of nitrogens with one attached hydrogen (secondary N) is 1. The maximum atomic E-state index is 11.9. The number of unbranched alkanes of at least 4 members (excludes halogenated alkanes) is 1. The van der Waals surface area contributed by atoms with E-state index in [1.54, 1.807) is 0 Å². The molecule has 0 atom stereocenters. The van der Waals surface area contributed by atoms with E-state index in [4.69, 9.17) is 0 Å². The average Bonchev–Trinajstić information content (AvgIpc) is 2.91. The summed E-state index contributed by atoms with van der Waals surface area (Å²) in [5.41, 5.74) is 0. The summed E-state index contributed by atoms with van der Waals surface area (Å²) in [7, 11) is 0. The number of aryl methyl sites for hydroxylation is 1. The molecular weight excluding hydrogens is 270 g/mol. The van der Waals surface area contributed by atoms with E-state index in [0.29, 0.717) is 11.6 Å². The van der Waals surface area contributed by atoms with Gasteiger partial charge in [-0.2, -0.15) is 0 Å². The molecule has 1 amide bonds. The van der Waals surface area contributed by atoms with Crippen LogP contribution in [-0.2, 0) is 11.2 Å². The molecule has 0 unspecified atom stereocenters. The molecule has 0 aliphatic heterocycles. The minimum Gasteiger partial charge on any atom is -0.301 e. The van der Waals surface area contributed by atoms with Gasteiger partial charge in [-0.3, -0.25) is 4.79 Å². The van der Waals surface area contributed by atoms with Crippen molar-refractivity contribution in [1.82, 2.24) is 10.2 Å². The van der Waals surface area contributed by atoms with Crippen molar-refractivity contribution in [3.63, 3.8) is 0 Å². The predicted molar refractivity (Wildman–Crippen MR) is 83.0 cm³/mol. The van der Waals surface area contributed by atoms with Crippen molar-refractivity contribution in [1.29, 1.82) is 0 Å². The zero-order valence-electron chi connectivity index (χ0n) is 12.4. The summed E-state index contributed by atoms with van der Waals surface area (Å²) < 4.78 is 0. The van der Waals surface area contributed by atoms with E-state index < -0.39 is 0 Å². The SMILES string of the molecule is CCCCc1nnc(NC(=O)CCC2CCCCC2)s1. The first-order chi connectivity index (χ1) is 9.78. The molecule has 1 aliphatic carbocycles. The molecule has 4 nitrogen and oxygen atoms in total. The molecule has 1 heterocycles. The highest BCUT2D eigenvalue weighted by molar-refractivity contribution is 7.15. The normalized spacial score (nSPS) is 16.2. The van der Waals surface area contributed by atoms with Crippen LogP contribution >= 0.6 is 11.3 Å². The molecule has 1 aliphatic rings. The summed E-state index contributed by atoms with van der Waals surface area (Å²) in [5, 5.41) is 12.7. The third-order valence-electron chi connectivity index (χ3n) is 3.96. The van der Waals surface area contributed by atoms with Crippen LogP contribution in [0.25, 0.3) is 0 Å². The van der Waals surface area contributed by atoms with Crippen molar-refractivity contribution in [3.8, 4) is 0 Å². The van der Waals surface area contributed by atoms with Crippen LogP contribution < -0.4 is 5.32 Å². The van der Waals surface area contributed by atoms with E-state index >= 15 is 0 Å². The maximum Gasteiger partial charge on any atom is 0.226 e. The number of hydrogen-bond acceptors (Lipinski definition) is 4. The number of anilines is 1. The van der Waals surface area contributed by atoms with Gasteiger partial charge in [0.25, 0.3) is 0 Å². The second-order valence-corrected chi connectivity index (χ2v) is 6.76.